The SMILES string of the molecule is CN(CC1CCN(C(=O)OC(C)(C)C)CC1)c1ncc(Cl)cn1. The molecule has 128 valence electrons. The molecule has 1 aliphatic rings. The quantitative estimate of drug-likeness (QED) is 0.845. The molecule has 0 N–H and O–H groups in total. The molecule has 0 saturated carbocycles. The van der Waals surface area contributed by atoms with Crippen LogP contribution in [0.4, 0.5) is 10.7 Å². The average Bonchev–Trinajstić information content (AvgIpc) is 2.46. The molecule has 0 spiro atoms. The van der Waals surface area contributed by atoms with Gasteiger partial charge in [0.05, 0.1) is 17.4 Å². The summed E-state index contributed by atoms with van der Waals surface area (Å²) in [5, 5.41) is 0.535. The van der Waals surface area contributed by atoms with Gasteiger partial charge in [-0.1, -0.05) is 11.6 Å². The molecule has 0 unspecified atom stereocenters. The van der Waals surface area contributed by atoms with Gasteiger partial charge in [0.25, 0.3) is 0 Å². The third-order valence-electron chi connectivity index (χ3n) is 3.75. The van der Waals surface area contributed by atoms with Crippen molar-refractivity contribution < 1.29 is 9.53 Å². The first-order valence-corrected chi connectivity index (χ1v) is 8.29. The first-order chi connectivity index (χ1) is 10.7. The predicted octanol–water partition coefficient (Wildman–Crippen LogP) is 3.21. The maximum absolute atomic E-state index is 12.1. The summed E-state index contributed by atoms with van der Waals surface area (Å²) in [4.78, 5) is 24.3. The highest BCUT2D eigenvalue weighted by molar-refractivity contribution is 6.30. The molecule has 7 heteroatoms. The van der Waals surface area contributed by atoms with Crippen LogP contribution in [0.25, 0.3) is 0 Å². The summed E-state index contributed by atoms with van der Waals surface area (Å²) >= 11 is 5.81. The largest absolute Gasteiger partial charge is 0.444 e. The molecule has 1 saturated heterocycles. The Morgan fingerprint density at radius 1 is 1.35 bits per heavy atom. The number of anilines is 1. The van der Waals surface area contributed by atoms with Crippen molar-refractivity contribution in [1.29, 1.82) is 0 Å². The molecule has 1 amide bonds. The van der Waals surface area contributed by atoms with Gasteiger partial charge in [0.1, 0.15) is 5.60 Å². The van der Waals surface area contributed by atoms with Crippen molar-refractivity contribution in [3.05, 3.63) is 17.4 Å². The van der Waals surface area contributed by atoms with Crippen molar-refractivity contribution >= 4 is 23.6 Å². The number of halogens is 1. The molecule has 6 nitrogen and oxygen atoms in total. The van der Waals surface area contributed by atoms with E-state index < -0.39 is 5.60 Å². The highest BCUT2D eigenvalue weighted by Gasteiger charge is 2.27. The van der Waals surface area contributed by atoms with E-state index in [1.54, 1.807) is 17.3 Å². The molecule has 1 aliphatic heterocycles. The van der Waals surface area contributed by atoms with Gasteiger partial charge in [0.2, 0.25) is 5.95 Å². The highest BCUT2D eigenvalue weighted by atomic mass is 35.5. The lowest BCUT2D eigenvalue weighted by atomic mass is 9.96. The van der Waals surface area contributed by atoms with Gasteiger partial charge >= 0.3 is 6.09 Å². The van der Waals surface area contributed by atoms with E-state index >= 15 is 0 Å². The molecule has 1 aromatic rings. The molecule has 2 rings (SSSR count). The van der Waals surface area contributed by atoms with Crippen molar-refractivity contribution in [1.82, 2.24) is 14.9 Å². The summed E-state index contributed by atoms with van der Waals surface area (Å²) in [6.45, 7) is 7.99. The summed E-state index contributed by atoms with van der Waals surface area (Å²) in [6.07, 6.45) is 4.90. The predicted molar refractivity (Wildman–Crippen MR) is 90.8 cm³/mol. The Hall–Kier alpha value is -1.56. The van der Waals surface area contributed by atoms with Gasteiger partial charge in [-0.25, -0.2) is 14.8 Å². The van der Waals surface area contributed by atoms with Crippen molar-refractivity contribution in [2.45, 2.75) is 39.2 Å². The van der Waals surface area contributed by atoms with Gasteiger partial charge in [0, 0.05) is 26.7 Å². The molecule has 2 heterocycles. The fraction of sp³-hybridized carbons (Fsp3) is 0.688. The molecule has 0 atom stereocenters. The molecule has 0 radical (unpaired) electrons. The molecule has 23 heavy (non-hydrogen) atoms. The Balaban J connectivity index is 1.80. The fourth-order valence-electron chi connectivity index (χ4n) is 2.60. The highest BCUT2D eigenvalue weighted by Crippen LogP contribution is 2.21. The maximum Gasteiger partial charge on any atom is 0.410 e. The fourth-order valence-corrected chi connectivity index (χ4v) is 2.69. The summed E-state index contributed by atoms with van der Waals surface area (Å²) < 4.78 is 5.42. The van der Waals surface area contributed by atoms with Crippen LogP contribution in [-0.2, 0) is 4.74 Å². The lowest BCUT2D eigenvalue weighted by molar-refractivity contribution is 0.0186. The van der Waals surface area contributed by atoms with Crippen molar-refractivity contribution in [3.63, 3.8) is 0 Å². The van der Waals surface area contributed by atoms with Gasteiger partial charge < -0.3 is 14.5 Å². The number of hydrogen-bond acceptors (Lipinski definition) is 5. The van der Waals surface area contributed by atoms with E-state index in [2.05, 4.69) is 9.97 Å². The molecular formula is C16H25ClN4O2. The monoisotopic (exact) mass is 340 g/mol. The number of ether oxygens (including phenoxy) is 1. The van der Waals surface area contributed by atoms with E-state index in [1.807, 2.05) is 32.7 Å². The zero-order valence-corrected chi connectivity index (χ0v) is 15.0. The average molecular weight is 341 g/mol. The Bertz CT molecular complexity index is 522. The number of hydrogen-bond donors (Lipinski definition) is 0. The van der Waals surface area contributed by atoms with Crippen LogP contribution in [0, 0.1) is 5.92 Å². The van der Waals surface area contributed by atoms with E-state index in [-0.39, 0.29) is 6.09 Å². The summed E-state index contributed by atoms with van der Waals surface area (Å²) in [5.41, 5.74) is -0.444. The molecule has 0 bridgehead atoms. The number of aromatic nitrogens is 2. The Morgan fingerprint density at radius 3 is 2.43 bits per heavy atom. The standard InChI is InChI=1S/C16H25ClN4O2/c1-16(2,3)23-15(22)21-7-5-12(6-8-21)11-20(4)14-18-9-13(17)10-19-14/h9-10,12H,5-8,11H2,1-4H3. The summed E-state index contributed by atoms with van der Waals surface area (Å²) in [7, 11) is 1.98. The molecule has 0 aliphatic carbocycles. The second-order valence-electron chi connectivity index (χ2n) is 6.99. The number of nitrogens with zero attached hydrogens (tertiary/aromatic N) is 4. The van der Waals surface area contributed by atoms with Crippen LogP contribution in [0.15, 0.2) is 12.4 Å². The summed E-state index contributed by atoms with van der Waals surface area (Å²) in [5.74, 6) is 1.18. The van der Waals surface area contributed by atoms with E-state index in [9.17, 15) is 4.79 Å². The van der Waals surface area contributed by atoms with Gasteiger partial charge in [-0.2, -0.15) is 0 Å². The third kappa shape index (κ3) is 5.53. The second kappa shape index (κ2) is 7.34. The van der Waals surface area contributed by atoms with E-state index in [0.29, 0.717) is 16.9 Å². The van der Waals surface area contributed by atoms with Crippen LogP contribution in [0.5, 0.6) is 0 Å². The minimum Gasteiger partial charge on any atom is -0.444 e. The van der Waals surface area contributed by atoms with Crippen LogP contribution < -0.4 is 4.90 Å². The minimum atomic E-state index is -0.444. The smallest absolute Gasteiger partial charge is 0.410 e. The van der Waals surface area contributed by atoms with Gasteiger partial charge in [-0.05, 0) is 39.5 Å². The van der Waals surface area contributed by atoms with Gasteiger partial charge in [-0.15, -0.1) is 0 Å². The number of piperidine rings is 1. The van der Waals surface area contributed by atoms with Gasteiger partial charge in [0.15, 0.2) is 0 Å². The third-order valence-corrected chi connectivity index (χ3v) is 3.94. The Kier molecular flexibility index (Phi) is 5.68. The van der Waals surface area contributed by atoms with Crippen molar-refractivity contribution in [3.8, 4) is 0 Å². The first-order valence-electron chi connectivity index (χ1n) is 7.91. The topological polar surface area (TPSA) is 58.6 Å². The van der Waals surface area contributed by atoms with E-state index in [1.165, 1.54) is 0 Å². The van der Waals surface area contributed by atoms with E-state index in [4.69, 9.17) is 16.3 Å². The normalized spacial score (nSPS) is 16.3. The van der Waals surface area contributed by atoms with Crippen LogP contribution >= 0.6 is 11.6 Å². The van der Waals surface area contributed by atoms with Crippen LogP contribution in [0.1, 0.15) is 33.6 Å². The second-order valence-corrected chi connectivity index (χ2v) is 7.43. The Labute approximate surface area is 142 Å². The van der Waals surface area contributed by atoms with Crippen LogP contribution in [0.3, 0.4) is 0 Å². The lowest BCUT2D eigenvalue weighted by Gasteiger charge is -2.34. The zero-order chi connectivity index (χ0) is 17.0. The van der Waals surface area contributed by atoms with Gasteiger partial charge in [-0.3, -0.25) is 0 Å². The van der Waals surface area contributed by atoms with E-state index in [0.717, 1.165) is 32.5 Å². The Morgan fingerprint density at radius 2 is 1.91 bits per heavy atom. The number of amides is 1. The first kappa shape index (κ1) is 17.8. The number of carbonyl (C=O) groups excluding carboxylic acids is 1. The number of carbonyl (C=O) groups is 1. The number of rotatable bonds is 3. The van der Waals surface area contributed by atoms with Crippen molar-refractivity contribution in [2.24, 2.45) is 5.92 Å². The number of likely N-dealkylation sites (tertiary alicyclic amines) is 1. The van der Waals surface area contributed by atoms with Crippen LogP contribution in [-0.4, -0.2) is 53.2 Å². The lowest BCUT2D eigenvalue weighted by Crippen LogP contribution is -2.43. The maximum atomic E-state index is 12.1. The zero-order valence-electron chi connectivity index (χ0n) is 14.3. The molecule has 1 fully saturated rings. The molecule has 0 aromatic carbocycles. The molecular weight excluding hydrogens is 316 g/mol. The van der Waals surface area contributed by atoms with Crippen molar-refractivity contribution in [2.75, 3.05) is 31.6 Å². The van der Waals surface area contributed by atoms with Crippen LogP contribution in [0.2, 0.25) is 5.02 Å². The molecule has 1 aromatic heterocycles. The summed E-state index contributed by atoms with van der Waals surface area (Å²) in [6, 6.07) is 0. The minimum absolute atomic E-state index is 0.217.